The maximum Gasteiger partial charge on any atom is 0.290 e. The average Bonchev–Trinajstić information content (AvgIpc) is 2.03. The maximum atomic E-state index is 10.9. The number of nitrogens with two attached hydrogens (primary N) is 1. The summed E-state index contributed by atoms with van der Waals surface area (Å²) in [6.45, 7) is 1.04. The van der Waals surface area contributed by atoms with Crippen LogP contribution in [-0.4, -0.2) is 23.1 Å². The van der Waals surface area contributed by atoms with Crippen molar-refractivity contribution in [2.45, 2.75) is 0 Å². The van der Waals surface area contributed by atoms with Gasteiger partial charge in [0.15, 0.2) is 5.82 Å². The van der Waals surface area contributed by atoms with Crippen LogP contribution in [0.1, 0.15) is 0 Å². The van der Waals surface area contributed by atoms with Gasteiger partial charge < -0.3 is 16.0 Å². The summed E-state index contributed by atoms with van der Waals surface area (Å²) >= 11 is 0. The summed E-state index contributed by atoms with van der Waals surface area (Å²) in [5.41, 5.74) is 5.00. The zero-order valence-corrected chi connectivity index (χ0v) is 6.00. The van der Waals surface area contributed by atoms with Crippen molar-refractivity contribution in [2.75, 3.05) is 18.4 Å². The van der Waals surface area contributed by atoms with E-state index >= 15 is 0 Å². The molecule has 0 saturated carbocycles. The van der Waals surface area contributed by atoms with Gasteiger partial charge in [-0.25, -0.2) is 4.98 Å². The summed E-state index contributed by atoms with van der Waals surface area (Å²) in [6.07, 6.45) is 3.00. The van der Waals surface area contributed by atoms with E-state index in [0.717, 1.165) is 0 Å². The molecule has 0 radical (unpaired) electrons. The fraction of sp³-hybridized carbons (Fsp3) is 0.333. The van der Waals surface area contributed by atoms with Gasteiger partial charge in [-0.1, -0.05) is 0 Å². The van der Waals surface area contributed by atoms with Crippen LogP contribution in [0.3, 0.4) is 0 Å². The highest BCUT2D eigenvalue weighted by atomic mass is 16.1. The van der Waals surface area contributed by atoms with Crippen LogP contribution in [0, 0.1) is 0 Å². The highest BCUT2D eigenvalue weighted by Gasteiger charge is 1.95. The quantitative estimate of drug-likeness (QED) is 0.529. The smallest absolute Gasteiger partial charge is 0.290 e. The first-order valence-electron chi connectivity index (χ1n) is 3.32. The third-order valence-electron chi connectivity index (χ3n) is 1.14. The van der Waals surface area contributed by atoms with Crippen molar-refractivity contribution in [3.05, 3.63) is 22.7 Å². The van der Waals surface area contributed by atoms with Gasteiger partial charge in [0, 0.05) is 25.5 Å². The number of anilines is 1. The molecule has 60 valence electrons. The summed E-state index contributed by atoms with van der Waals surface area (Å²) in [5, 5.41) is 2.78. The molecule has 5 heteroatoms. The fourth-order valence-corrected chi connectivity index (χ4v) is 0.668. The van der Waals surface area contributed by atoms with E-state index in [4.69, 9.17) is 5.73 Å². The molecule has 1 aromatic heterocycles. The number of aromatic amines is 1. The average molecular weight is 154 g/mol. The van der Waals surface area contributed by atoms with E-state index in [2.05, 4.69) is 15.3 Å². The Balaban J connectivity index is 2.70. The van der Waals surface area contributed by atoms with Gasteiger partial charge in [-0.2, -0.15) is 0 Å². The minimum absolute atomic E-state index is 0.221. The third kappa shape index (κ3) is 2.05. The van der Waals surface area contributed by atoms with Crippen LogP contribution in [0.4, 0.5) is 5.82 Å². The lowest BCUT2D eigenvalue weighted by atomic mass is 10.6. The summed E-state index contributed by atoms with van der Waals surface area (Å²) in [4.78, 5) is 17.2. The molecule has 1 heterocycles. The highest BCUT2D eigenvalue weighted by Crippen LogP contribution is 1.86. The van der Waals surface area contributed by atoms with Gasteiger partial charge in [-0.3, -0.25) is 4.79 Å². The predicted octanol–water partition coefficient (Wildman–Crippen LogP) is -0.860. The second-order valence-electron chi connectivity index (χ2n) is 1.98. The first-order valence-corrected chi connectivity index (χ1v) is 3.32. The van der Waals surface area contributed by atoms with E-state index < -0.39 is 0 Å². The van der Waals surface area contributed by atoms with Gasteiger partial charge in [0.1, 0.15) is 0 Å². The second kappa shape index (κ2) is 3.72. The second-order valence-corrected chi connectivity index (χ2v) is 1.98. The molecule has 1 rings (SSSR count). The number of nitrogens with zero attached hydrogens (tertiary/aromatic N) is 1. The SMILES string of the molecule is NCCNc1ncc[nH]c1=O. The lowest BCUT2D eigenvalue weighted by molar-refractivity contribution is 0.995. The van der Waals surface area contributed by atoms with E-state index in [9.17, 15) is 4.79 Å². The summed E-state index contributed by atoms with van der Waals surface area (Å²) in [5.74, 6) is 0.318. The van der Waals surface area contributed by atoms with Crippen LogP contribution in [0.5, 0.6) is 0 Å². The number of nitrogens with one attached hydrogen (secondary N) is 2. The van der Waals surface area contributed by atoms with Gasteiger partial charge in [0.05, 0.1) is 0 Å². The van der Waals surface area contributed by atoms with Crippen molar-refractivity contribution in [3.8, 4) is 0 Å². The van der Waals surface area contributed by atoms with E-state index in [1.165, 1.54) is 12.4 Å². The van der Waals surface area contributed by atoms with E-state index in [1.54, 1.807) is 0 Å². The standard InChI is InChI=1S/C6H10N4O/c7-1-2-8-5-6(11)10-4-3-9-5/h3-4H,1-2,7H2,(H,8,9)(H,10,11). The molecule has 0 saturated heterocycles. The number of H-pyrrole nitrogens is 1. The van der Waals surface area contributed by atoms with Crippen LogP contribution in [0.2, 0.25) is 0 Å². The molecule has 0 spiro atoms. The molecular weight excluding hydrogens is 144 g/mol. The van der Waals surface area contributed by atoms with E-state index in [1.807, 2.05) is 0 Å². The summed E-state index contributed by atoms with van der Waals surface area (Å²) in [7, 11) is 0. The van der Waals surface area contributed by atoms with Gasteiger partial charge in [-0.15, -0.1) is 0 Å². The first-order chi connectivity index (χ1) is 5.34. The number of hydrogen-bond donors (Lipinski definition) is 3. The number of hydrogen-bond acceptors (Lipinski definition) is 4. The molecule has 11 heavy (non-hydrogen) atoms. The van der Waals surface area contributed by atoms with Gasteiger partial charge >= 0.3 is 0 Å². The molecule has 0 amide bonds. The predicted molar refractivity (Wildman–Crippen MR) is 42.4 cm³/mol. The molecular formula is C6H10N4O. The Kier molecular flexibility index (Phi) is 2.62. The molecule has 0 fully saturated rings. The Labute approximate surface area is 63.7 Å². The molecule has 0 unspecified atom stereocenters. The molecule has 0 aliphatic heterocycles. The molecule has 0 aliphatic carbocycles. The Morgan fingerprint density at radius 2 is 2.55 bits per heavy atom. The normalized spacial score (nSPS) is 9.55. The van der Waals surface area contributed by atoms with Crippen LogP contribution in [-0.2, 0) is 0 Å². The Morgan fingerprint density at radius 1 is 1.73 bits per heavy atom. The van der Waals surface area contributed by atoms with Gasteiger partial charge in [0.25, 0.3) is 5.56 Å². The number of rotatable bonds is 3. The minimum Gasteiger partial charge on any atom is -0.364 e. The summed E-state index contributed by atoms with van der Waals surface area (Å²) < 4.78 is 0. The minimum atomic E-state index is -0.221. The Hall–Kier alpha value is -1.36. The van der Waals surface area contributed by atoms with E-state index in [0.29, 0.717) is 18.9 Å². The van der Waals surface area contributed by atoms with Crippen LogP contribution < -0.4 is 16.6 Å². The van der Waals surface area contributed by atoms with Crippen molar-refractivity contribution >= 4 is 5.82 Å². The van der Waals surface area contributed by atoms with Crippen LogP contribution in [0.25, 0.3) is 0 Å². The van der Waals surface area contributed by atoms with Crippen molar-refractivity contribution < 1.29 is 0 Å². The Bertz CT molecular complexity index is 269. The third-order valence-corrected chi connectivity index (χ3v) is 1.14. The van der Waals surface area contributed by atoms with Crippen molar-refractivity contribution in [2.24, 2.45) is 5.73 Å². The fourth-order valence-electron chi connectivity index (χ4n) is 0.668. The molecule has 0 bridgehead atoms. The molecule has 0 aromatic carbocycles. The van der Waals surface area contributed by atoms with Crippen LogP contribution in [0.15, 0.2) is 17.2 Å². The molecule has 4 N–H and O–H groups in total. The lowest BCUT2D eigenvalue weighted by Crippen LogP contribution is -2.20. The first kappa shape index (κ1) is 7.74. The monoisotopic (exact) mass is 154 g/mol. The molecule has 0 atom stereocenters. The highest BCUT2D eigenvalue weighted by molar-refractivity contribution is 5.29. The van der Waals surface area contributed by atoms with Crippen molar-refractivity contribution in [3.63, 3.8) is 0 Å². The van der Waals surface area contributed by atoms with Gasteiger partial charge in [0.2, 0.25) is 0 Å². The zero-order chi connectivity index (χ0) is 8.10. The van der Waals surface area contributed by atoms with Crippen molar-refractivity contribution in [1.82, 2.24) is 9.97 Å². The van der Waals surface area contributed by atoms with Crippen LogP contribution >= 0.6 is 0 Å². The molecule has 0 aliphatic rings. The summed E-state index contributed by atoms with van der Waals surface area (Å²) in [6, 6.07) is 0. The maximum absolute atomic E-state index is 10.9. The number of aromatic nitrogens is 2. The lowest BCUT2D eigenvalue weighted by Gasteiger charge is -1.99. The van der Waals surface area contributed by atoms with Crippen molar-refractivity contribution in [1.29, 1.82) is 0 Å². The zero-order valence-electron chi connectivity index (χ0n) is 6.00. The largest absolute Gasteiger partial charge is 0.364 e. The molecule has 5 nitrogen and oxygen atoms in total. The van der Waals surface area contributed by atoms with E-state index in [-0.39, 0.29) is 5.56 Å². The Morgan fingerprint density at radius 3 is 3.18 bits per heavy atom. The molecule has 1 aromatic rings. The topological polar surface area (TPSA) is 83.8 Å². The van der Waals surface area contributed by atoms with Gasteiger partial charge in [-0.05, 0) is 0 Å².